The molecule has 2 heterocycles. The van der Waals surface area contributed by atoms with E-state index in [0.717, 1.165) is 5.69 Å². The third kappa shape index (κ3) is 3.76. The van der Waals surface area contributed by atoms with Crippen molar-refractivity contribution in [2.45, 2.75) is 30.7 Å². The fourth-order valence-corrected chi connectivity index (χ4v) is 3.41. The van der Waals surface area contributed by atoms with Crippen LogP contribution in [0, 0.1) is 0 Å². The molecule has 0 saturated carbocycles. The molecule has 0 bridgehead atoms. The highest BCUT2D eigenvalue weighted by atomic mass is 35.5. The van der Waals surface area contributed by atoms with Gasteiger partial charge in [0.25, 0.3) is 5.56 Å². The molecule has 7 nitrogen and oxygen atoms in total. The number of hydrogen-bond acceptors (Lipinski definition) is 6. The van der Waals surface area contributed by atoms with Gasteiger partial charge in [-0.2, -0.15) is 5.10 Å². The Hall–Kier alpha value is -2.32. The Morgan fingerprint density at radius 1 is 1.35 bits per heavy atom. The Morgan fingerprint density at radius 3 is 2.73 bits per heavy atom. The molecule has 3 aromatic rings. The number of aromatic nitrogens is 4. The van der Waals surface area contributed by atoms with Crippen LogP contribution in [0.4, 0.5) is 0 Å². The van der Waals surface area contributed by atoms with Crippen LogP contribution in [0.2, 0.25) is 5.02 Å². The van der Waals surface area contributed by atoms with Gasteiger partial charge < -0.3 is 9.72 Å². The molecule has 0 aliphatic heterocycles. The largest absolute Gasteiger partial charge is 0.465 e. The minimum Gasteiger partial charge on any atom is -0.465 e. The Labute approximate surface area is 158 Å². The molecule has 1 atom stereocenters. The first kappa shape index (κ1) is 18.5. The maximum Gasteiger partial charge on any atom is 0.319 e. The Bertz CT molecular complexity index is 984. The Morgan fingerprint density at radius 2 is 2.08 bits per heavy atom. The summed E-state index contributed by atoms with van der Waals surface area (Å²) in [6.07, 6.45) is 2.02. The van der Waals surface area contributed by atoms with Gasteiger partial charge in [0.05, 0.1) is 18.5 Å². The van der Waals surface area contributed by atoms with Crippen LogP contribution in [0.1, 0.15) is 20.3 Å². The molecule has 0 radical (unpaired) electrons. The molecular weight excluding hydrogens is 376 g/mol. The summed E-state index contributed by atoms with van der Waals surface area (Å²) < 4.78 is 6.63. The van der Waals surface area contributed by atoms with Gasteiger partial charge in [-0.05, 0) is 37.6 Å². The number of hydrogen-bond donors (Lipinski definition) is 1. The lowest BCUT2D eigenvalue weighted by molar-refractivity contribution is -0.142. The lowest BCUT2D eigenvalue weighted by atomic mass is 10.3. The number of ether oxygens (including phenoxy) is 1. The highest BCUT2D eigenvalue weighted by molar-refractivity contribution is 8.00. The monoisotopic (exact) mass is 392 g/mol. The van der Waals surface area contributed by atoms with Crippen LogP contribution in [-0.4, -0.2) is 37.6 Å². The van der Waals surface area contributed by atoms with Crippen LogP contribution in [0.15, 0.2) is 40.4 Å². The number of H-pyrrole nitrogens is 1. The molecule has 1 aromatic carbocycles. The molecule has 136 valence electrons. The van der Waals surface area contributed by atoms with Crippen molar-refractivity contribution in [1.29, 1.82) is 0 Å². The quantitative estimate of drug-likeness (QED) is 0.393. The van der Waals surface area contributed by atoms with E-state index in [-0.39, 0.29) is 11.5 Å². The number of benzene rings is 1. The zero-order chi connectivity index (χ0) is 18.7. The van der Waals surface area contributed by atoms with E-state index >= 15 is 0 Å². The number of aromatic amines is 1. The van der Waals surface area contributed by atoms with E-state index in [1.54, 1.807) is 35.9 Å². The standard InChI is InChI=1S/C17H17ClN4O3S/c1-3-13(16(24)25-4-2)26-17-20-14-12(15(23)21-17)9-19-22(14)11-7-5-10(18)6-8-11/h5-9,13H,3-4H2,1-2H3,(H,20,21,23)/t13-/m0/s1. The highest BCUT2D eigenvalue weighted by Gasteiger charge is 2.21. The first-order valence-corrected chi connectivity index (χ1v) is 9.36. The van der Waals surface area contributed by atoms with Crippen LogP contribution in [0.5, 0.6) is 0 Å². The molecule has 0 amide bonds. The van der Waals surface area contributed by atoms with Crippen molar-refractivity contribution >= 4 is 40.4 Å². The summed E-state index contributed by atoms with van der Waals surface area (Å²) in [6.45, 7) is 3.94. The van der Waals surface area contributed by atoms with Crippen LogP contribution in [-0.2, 0) is 9.53 Å². The average molecular weight is 393 g/mol. The van der Waals surface area contributed by atoms with E-state index in [1.165, 1.54) is 18.0 Å². The fourth-order valence-electron chi connectivity index (χ4n) is 2.39. The number of rotatable bonds is 6. The summed E-state index contributed by atoms with van der Waals surface area (Å²) in [5.74, 6) is -0.325. The molecule has 1 N–H and O–H groups in total. The first-order chi connectivity index (χ1) is 12.5. The van der Waals surface area contributed by atoms with Crippen LogP contribution in [0.3, 0.4) is 0 Å². The fraction of sp³-hybridized carbons (Fsp3) is 0.294. The number of carbonyl (C=O) groups is 1. The summed E-state index contributed by atoms with van der Waals surface area (Å²) in [5, 5.41) is 5.13. The number of fused-ring (bicyclic) bond motifs is 1. The van der Waals surface area contributed by atoms with E-state index in [4.69, 9.17) is 16.3 Å². The van der Waals surface area contributed by atoms with Crippen molar-refractivity contribution in [1.82, 2.24) is 19.7 Å². The Kier molecular flexibility index (Phi) is 5.63. The predicted octanol–water partition coefficient (Wildman–Crippen LogP) is 3.20. The number of nitrogens with one attached hydrogen (secondary N) is 1. The molecule has 9 heteroatoms. The van der Waals surface area contributed by atoms with Gasteiger partial charge in [0, 0.05) is 5.02 Å². The van der Waals surface area contributed by atoms with Crippen molar-refractivity contribution in [3.8, 4) is 5.69 Å². The van der Waals surface area contributed by atoms with Crippen LogP contribution < -0.4 is 5.56 Å². The first-order valence-electron chi connectivity index (χ1n) is 8.10. The zero-order valence-electron chi connectivity index (χ0n) is 14.2. The zero-order valence-corrected chi connectivity index (χ0v) is 15.8. The third-order valence-electron chi connectivity index (χ3n) is 3.66. The van der Waals surface area contributed by atoms with Gasteiger partial charge in [0.1, 0.15) is 10.6 Å². The molecule has 0 spiro atoms. The second-order valence-corrected chi connectivity index (χ2v) is 7.04. The molecule has 0 saturated heterocycles. The molecular formula is C17H17ClN4O3S. The highest BCUT2D eigenvalue weighted by Crippen LogP contribution is 2.24. The van der Waals surface area contributed by atoms with Gasteiger partial charge in [-0.3, -0.25) is 9.59 Å². The van der Waals surface area contributed by atoms with Crippen molar-refractivity contribution in [3.63, 3.8) is 0 Å². The molecule has 0 aliphatic rings. The summed E-state index contributed by atoms with van der Waals surface area (Å²) in [7, 11) is 0. The van der Waals surface area contributed by atoms with Crippen LogP contribution >= 0.6 is 23.4 Å². The number of carbonyl (C=O) groups excluding carboxylic acids is 1. The van der Waals surface area contributed by atoms with Crippen molar-refractivity contribution in [3.05, 3.63) is 45.8 Å². The number of thioether (sulfide) groups is 1. The number of esters is 1. The molecule has 0 fully saturated rings. The molecule has 2 aromatic heterocycles. The van der Waals surface area contributed by atoms with E-state index < -0.39 is 5.25 Å². The summed E-state index contributed by atoms with van der Waals surface area (Å²) in [4.78, 5) is 31.6. The maximum atomic E-state index is 12.4. The van der Waals surface area contributed by atoms with E-state index in [2.05, 4.69) is 15.1 Å². The van der Waals surface area contributed by atoms with Crippen molar-refractivity contribution in [2.24, 2.45) is 0 Å². The molecule has 3 rings (SSSR count). The van der Waals surface area contributed by atoms with Gasteiger partial charge in [-0.25, -0.2) is 9.67 Å². The third-order valence-corrected chi connectivity index (χ3v) is 5.14. The lowest BCUT2D eigenvalue weighted by Crippen LogP contribution is -2.20. The lowest BCUT2D eigenvalue weighted by Gasteiger charge is -2.12. The van der Waals surface area contributed by atoms with Gasteiger partial charge in [0.2, 0.25) is 0 Å². The van der Waals surface area contributed by atoms with Gasteiger partial charge in [0.15, 0.2) is 10.8 Å². The predicted molar refractivity (Wildman–Crippen MR) is 101 cm³/mol. The smallest absolute Gasteiger partial charge is 0.319 e. The average Bonchev–Trinajstić information content (AvgIpc) is 3.05. The number of nitrogens with zero attached hydrogens (tertiary/aromatic N) is 3. The molecule has 0 aliphatic carbocycles. The number of halogens is 1. The minimum atomic E-state index is -0.442. The van der Waals surface area contributed by atoms with Crippen molar-refractivity contribution < 1.29 is 9.53 Å². The van der Waals surface area contributed by atoms with E-state index in [1.807, 2.05) is 6.92 Å². The summed E-state index contributed by atoms with van der Waals surface area (Å²) in [5.41, 5.74) is 0.838. The molecule has 26 heavy (non-hydrogen) atoms. The van der Waals surface area contributed by atoms with Gasteiger partial charge in [-0.1, -0.05) is 30.3 Å². The summed E-state index contributed by atoms with van der Waals surface area (Å²) >= 11 is 7.09. The second-order valence-electron chi connectivity index (χ2n) is 5.41. The van der Waals surface area contributed by atoms with Crippen molar-refractivity contribution in [2.75, 3.05) is 6.61 Å². The Balaban J connectivity index is 2.00. The topological polar surface area (TPSA) is 89.9 Å². The van der Waals surface area contributed by atoms with Gasteiger partial charge in [-0.15, -0.1) is 0 Å². The second kappa shape index (κ2) is 7.92. The summed E-state index contributed by atoms with van der Waals surface area (Å²) in [6, 6.07) is 7.05. The normalized spacial score (nSPS) is 12.3. The SMILES string of the molecule is CCOC(=O)[C@H](CC)Sc1nc2c(cnn2-c2ccc(Cl)cc2)c(=O)[nH]1. The molecule has 0 unspecified atom stereocenters. The maximum absolute atomic E-state index is 12.4. The van der Waals surface area contributed by atoms with Gasteiger partial charge >= 0.3 is 5.97 Å². The van der Waals surface area contributed by atoms with Crippen LogP contribution in [0.25, 0.3) is 16.7 Å². The minimum absolute atomic E-state index is 0.308. The van der Waals surface area contributed by atoms with E-state index in [0.29, 0.717) is 34.2 Å². The van der Waals surface area contributed by atoms with E-state index in [9.17, 15) is 9.59 Å².